The second kappa shape index (κ2) is 4.42. The zero-order chi connectivity index (χ0) is 9.68. The Labute approximate surface area is 78.2 Å². The molecule has 0 radical (unpaired) electrons. The molecular formula is C11H12NO+. The van der Waals surface area contributed by atoms with Crippen molar-refractivity contribution in [2.45, 2.75) is 6.92 Å². The molecule has 2 heteroatoms. The summed E-state index contributed by atoms with van der Waals surface area (Å²) < 4.78 is 5.02. The highest BCUT2D eigenvalue weighted by atomic mass is 16.4. The first-order valence-corrected chi connectivity index (χ1v) is 4.15. The van der Waals surface area contributed by atoms with Crippen molar-refractivity contribution < 1.29 is 4.42 Å². The number of hydrogen-bond donors (Lipinski definition) is 0. The summed E-state index contributed by atoms with van der Waals surface area (Å²) in [6.45, 7) is 1.87. The lowest BCUT2D eigenvalue weighted by molar-refractivity contribution is -0.417. The van der Waals surface area contributed by atoms with Gasteiger partial charge in [-0.2, -0.15) is 5.26 Å². The van der Waals surface area contributed by atoms with E-state index in [-0.39, 0.29) is 5.92 Å². The number of carbonyl (C=O) groups excluding carboxylic acids is 1. The van der Waals surface area contributed by atoms with Gasteiger partial charge >= 0.3 is 5.78 Å². The van der Waals surface area contributed by atoms with Gasteiger partial charge in [0, 0.05) is 12.2 Å². The summed E-state index contributed by atoms with van der Waals surface area (Å²) in [4.78, 5) is 0. The smallest absolute Gasteiger partial charge is 0.258 e. The number of nitrogens with zero attached hydrogens (tertiary/aromatic N) is 1. The van der Waals surface area contributed by atoms with Gasteiger partial charge < -0.3 is 0 Å². The average Bonchev–Trinajstić information content (AvgIpc) is 2.19. The second-order valence-corrected chi connectivity index (χ2v) is 2.86. The Morgan fingerprint density at radius 1 is 1.38 bits per heavy atom. The zero-order valence-electron chi connectivity index (χ0n) is 7.82. The molecule has 0 saturated carbocycles. The SMILES string of the molecule is C[O+]=C1C=CC(=CC(C)C#N)C=C1. The Kier molecular flexibility index (Phi) is 3.22. The molecule has 0 aromatic rings. The lowest BCUT2D eigenvalue weighted by Gasteiger charge is -1.98. The van der Waals surface area contributed by atoms with E-state index in [1.165, 1.54) is 0 Å². The molecule has 0 heterocycles. The monoisotopic (exact) mass is 174 g/mol. The molecule has 1 rings (SSSR count). The molecule has 0 saturated heterocycles. The highest BCUT2D eigenvalue weighted by molar-refractivity contribution is 6.01. The summed E-state index contributed by atoms with van der Waals surface area (Å²) in [7, 11) is 1.64. The second-order valence-electron chi connectivity index (χ2n) is 2.86. The molecule has 1 aliphatic carbocycles. The zero-order valence-corrected chi connectivity index (χ0v) is 7.82. The van der Waals surface area contributed by atoms with Gasteiger partial charge in [-0.25, -0.2) is 0 Å². The van der Waals surface area contributed by atoms with Crippen LogP contribution in [-0.4, -0.2) is 12.9 Å². The standard InChI is InChI=1S/C11H12NO/c1-9(8-12)7-10-3-5-11(13-2)6-4-10/h3-7,9H,1-2H3/q+1. The van der Waals surface area contributed by atoms with E-state index in [4.69, 9.17) is 9.69 Å². The molecular weight excluding hydrogens is 162 g/mol. The fourth-order valence-electron chi connectivity index (χ4n) is 1.04. The van der Waals surface area contributed by atoms with Crippen LogP contribution < -0.4 is 0 Å². The van der Waals surface area contributed by atoms with Crippen molar-refractivity contribution >= 4 is 5.78 Å². The van der Waals surface area contributed by atoms with Gasteiger partial charge in [-0.3, -0.25) is 4.42 Å². The summed E-state index contributed by atoms with van der Waals surface area (Å²) in [5.74, 6) is 0.787. The lowest BCUT2D eigenvalue weighted by Crippen LogP contribution is -1.96. The van der Waals surface area contributed by atoms with E-state index in [0.29, 0.717) is 0 Å². The van der Waals surface area contributed by atoms with E-state index in [9.17, 15) is 0 Å². The molecule has 0 aromatic heterocycles. The summed E-state index contributed by atoms with van der Waals surface area (Å²) >= 11 is 0. The van der Waals surface area contributed by atoms with Crippen LogP contribution in [-0.2, 0) is 4.42 Å². The van der Waals surface area contributed by atoms with Crippen molar-refractivity contribution in [1.82, 2.24) is 0 Å². The highest BCUT2D eigenvalue weighted by Crippen LogP contribution is 2.09. The van der Waals surface area contributed by atoms with Crippen molar-refractivity contribution in [1.29, 1.82) is 5.26 Å². The van der Waals surface area contributed by atoms with Gasteiger partial charge in [-0.05, 0) is 24.6 Å². The summed E-state index contributed by atoms with van der Waals surface area (Å²) in [6.07, 6.45) is 9.56. The maximum atomic E-state index is 8.59. The molecule has 1 unspecified atom stereocenters. The van der Waals surface area contributed by atoms with Crippen molar-refractivity contribution in [3.05, 3.63) is 36.0 Å². The van der Waals surface area contributed by atoms with E-state index in [0.717, 1.165) is 11.4 Å². The van der Waals surface area contributed by atoms with Crippen LogP contribution >= 0.6 is 0 Å². The van der Waals surface area contributed by atoms with Crippen LogP contribution in [0.25, 0.3) is 0 Å². The van der Waals surface area contributed by atoms with Crippen molar-refractivity contribution in [3.63, 3.8) is 0 Å². The quantitative estimate of drug-likeness (QED) is 0.559. The Balaban J connectivity index is 2.76. The molecule has 0 spiro atoms. The Hall–Kier alpha value is -1.62. The first-order valence-electron chi connectivity index (χ1n) is 4.15. The highest BCUT2D eigenvalue weighted by Gasteiger charge is 2.05. The molecule has 1 aliphatic rings. The number of allylic oxidation sites excluding steroid dienone is 6. The minimum Gasteiger partial charge on any atom is -0.258 e. The van der Waals surface area contributed by atoms with E-state index < -0.39 is 0 Å². The van der Waals surface area contributed by atoms with Gasteiger partial charge in [0.15, 0.2) is 0 Å². The van der Waals surface area contributed by atoms with Gasteiger partial charge in [-0.1, -0.05) is 6.08 Å². The Morgan fingerprint density at radius 3 is 2.46 bits per heavy atom. The first kappa shape index (κ1) is 9.47. The molecule has 0 bridgehead atoms. The number of nitriles is 1. The van der Waals surface area contributed by atoms with Gasteiger partial charge in [0.1, 0.15) is 0 Å². The number of hydrogen-bond acceptors (Lipinski definition) is 1. The van der Waals surface area contributed by atoms with Crippen molar-refractivity contribution in [2.24, 2.45) is 5.92 Å². The van der Waals surface area contributed by atoms with Gasteiger partial charge in [0.2, 0.25) is 0 Å². The predicted molar refractivity (Wildman–Crippen MR) is 52.1 cm³/mol. The third-order valence-electron chi connectivity index (χ3n) is 1.76. The van der Waals surface area contributed by atoms with Gasteiger partial charge in [0.05, 0.1) is 12.0 Å². The maximum absolute atomic E-state index is 8.59. The van der Waals surface area contributed by atoms with Crippen LogP contribution in [0.5, 0.6) is 0 Å². The fraction of sp³-hybridized carbons (Fsp3) is 0.273. The van der Waals surface area contributed by atoms with Gasteiger partial charge in [0.25, 0.3) is 7.11 Å². The van der Waals surface area contributed by atoms with E-state index in [1.54, 1.807) is 7.11 Å². The van der Waals surface area contributed by atoms with Crippen LogP contribution in [0, 0.1) is 17.2 Å². The van der Waals surface area contributed by atoms with Crippen LogP contribution in [0.3, 0.4) is 0 Å². The lowest BCUT2D eigenvalue weighted by atomic mass is 10.0. The van der Waals surface area contributed by atoms with E-state index >= 15 is 0 Å². The molecule has 0 N–H and O–H groups in total. The van der Waals surface area contributed by atoms with Crippen LogP contribution in [0.1, 0.15) is 6.92 Å². The Morgan fingerprint density at radius 2 is 2.00 bits per heavy atom. The number of rotatable bonds is 1. The van der Waals surface area contributed by atoms with Crippen LogP contribution in [0.2, 0.25) is 0 Å². The Bertz CT molecular complexity index is 322. The maximum Gasteiger partial charge on any atom is 0.343 e. The number of ketones is 1. The largest absolute Gasteiger partial charge is 0.343 e. The van der Waals surface area contributed by atoms with Crippen LogP contribution in [0.4, 0.5) is 0 Å². The molecule has 66 valence electrons. The molecule has 0 aromatic carbocycles. The topological polar surface area (TPSA) is 35.1 Å². The third-order valence-corrected chi connectivity index (χ3v) is 1.76. The molecule has 2 nitrogen and oxygen atoms in total. The molecule has 13 heavy (non-hydrogen) atoms. The van der Waals surface area contributed by atoms with Crippen LogP contribution in [0.15, 0.2) is 36.0 Å². The predicted octanol–water partition coefficient (Wildman–Crippen LogP) is 1.93. The summed E-state index contributed by atoms with van der Waals surface area (Å²) in [5.41, 5.74) is 1.05. The molecule has 1 atom stereocenters. The van der Waals surface area contributed by atoms with Crippen molar-refractivity contribution in [3.8, 4) is 6.07 Å². The summed E-state index contributed by atoms with van der Waals surface area (Å²) in [6, 6.07) is 2.16. The minimum absolute atomic E-state index is 0.0478. The molecule has 0 aliphatic heterocycles. The van der Waals surface area contributed by atoms with Crippen molar-refractivity contribution in [2.75, 3.05) is 7.11 Å². The third kappa shape index (κ3) is 2.72. The first-order chi connectivity index (χ1) is 6.26. The molecule has 0 fully saturated rings. The van der Waals surface area contributed by atoms with E-state index in [1.807, 2.05) is 37.3 Å². The van der Waals surface area contributed by atoms with Gasteiger partial charge in [-0.15, -0.1) is 0 Å². The minimum atomic E-state index is -0.0478. The summed E-state index contributed by atoms with van der Waals surface area (Å²) in [5, 5.41) is 8.59. The fourth-order valence-corrected chi connectivity index (χ4v) is 1.04. The average molecular weight is 174 g/mol. The molecule has 0 amide bonds. The van der Waals surface area contributed by atoms with E-state index in [2.05, 4.69) is 6.07 Å². The normalized spacial score (nSPS) is 16.7.